The standard InChI is InChI=1S/C27H32ClN5O3/c1-2-18-7-8-22-20(13-18)14-23(31-22)26(36)30-17-27(9-11-33(12-10-27)25(35)16-29)32-24(34)15-19-5-3-4-6-21(19)28/h3-8,13-14,31H,2,9-12,15-17,29H2,1H3,(H,30,36)(H,32,34). The topological polar surface area (TPSA) is 120 Å². The molecule has 0 saturated carbocycles. The summed E-state index contributed by atoms with van der Waals surface area (Å²) in [5.74, 6) is -0.558. The van der Waals surface area contributed by atoms with Gasteiger partial charge >= 0.3 is 0 Å². The van der Waals surface area contributed by atoms with Gasteiger partial charge in [0.2, 0.25) is 11.8 Å². The molecular formula is C27H32ClN5O3. The van der Waals surface area contributed by atoms with Crippen LogP contribution >= 0.6 is 11.6 Å². The maximum Gasteiger partial charge on any atom is 0.267 e. The molecule has 3 amide bonds. The number of aromatic nitrogens is 1. The Hall–Kier alpha value is -3.36. The molecule has 0 bridgehead atoms. The molecule has 3 aromatic rings. The second-order valence-corrected chi connectivity index (χ2v) is 9.73. The van der Waals surface area contributed by atoms with Gasteiger partial charge in [0.15, 0.2) is 0 Å². The number of benzene rings is 2. The van der Waals surface area contributed by atoms with Gasteiger partial charge in [0.1, 0.15) is 5.69 Å². The molecule has 0 unspecified atom stereocenters. The van der Waals surface area contributed by atoms with Crippen molar-refractivity contribution in [2.24, 2.45) is 5.73 Å². The molecule has 1 aliphatic heterocycles. The van der Waals surface area contributed by atoms with Gasteiger partial charge < -0.3 is 26.3 Å². The van der Waals surface area contributed by atoms with Crippen molar-refractivity contribution < 1.29 is 14.4 Å². The number of H-pyrrole nitrogens is 1. The molecule has 9 heteroatoms. The lowest BCUT2D eigenvalue weighted by Gasteiger charge is -2.42. The van der Waals surface area contributed by atoms with Crippen molar-refractivity contribution in [1.82, 2.24) is 20.5 Å². The quantitative estimate of drug-likeness (QED) is 0.373. The van der Waals surface area contributed by atoms with Gasteiger partial charge in [0, 0.05) is 35.6 Å². The van der Waals surface area contributed by atoms with Gasteiger partial charge in [-0.15, -0.1) is 0 Å². The number of aryl methyl sites for hydroxylation is 1. The van der Waals surface area contributed by atoms with Crippen LogP contribution in [0.25, 0.3) is 10.9 Å². The number of halogens is 1. The first-order chi connectivity index (χ1) is 17.3. The Labute approximate surface area is 215 Å². The van der Waals surface area contributed by atoms with Crippen molar-refractivity contribution in [3.8, 4) is 0 Å². The number of fused-ring (bicyclic) bond motifs is 1. The van der Waals surface area contributed by atoms with E-state index in [9.17, 15) is 14.4 Å². The number of carbonyl (C=O) groups is 3. The first-order valence-corrected chi connectivity index (χ1v) is 12.6. The molecule has 2 heterocycles. The number of amides is 3. The van der Waals surface area contributed by atoms with Crippen LogP contribution in [0.15, 0.2) is 48.5 Å². The summed E-state index contributed by atoms with van der Waals surface area (Å²) in [7, 11) is 0. The predicted octanol–water partition coefficient (Wildman–Crippen LogP) is 2.79. The van der Waals surface area contributed by atoms with Crippen molar-refractivity contribution >= 4 is 40.2 Å². The maximum atomic E-state index is 13.0. The van der Waals surface area contributed by atoms with Crippen LogP contribution in [0.3, 0.4) is 0 Å². The summed E-state index contributed by atoms with van der Waals surface area (Å²) < 4.78 is 0. The number of hydrogen-bond donors (Lipinski definition) is 4. The zero-order valence-corrected chi connectivity index (χ0v) is 21.2. The van der Waals surface area contributed by atoms with Gasteiger partial charge in [-0.05, 0) is 54.7 Å². The Morgan fingerprint density at radius 3 is 2.56 bits per heavy atom. The highest BCUT2D eigenvalue weighted by molar-refractivity contribution is 6.31. The van der Waals surface area contributed by atoms with Crippen molar-refractivity contribution in [3.05, 3.63) is 70.4 Å². The minimum Gasteiger partial charge on any atom is -0.351 e. The van der Waals surface area contributed by atoms with E-state index >= 15 is 0 Å². The number of rotatable bonds is 8. The van der Waals surface area contributed by atoms with E-state index in [4.69, 9.17) is 17.3 Å². The third-order valence-corrected chi connectivity index (χ3v) is 7.26. The smallest absolute Gasteiger partial charge is 0.267 e. The highest BCUT2D eigenvalue weighted by Gasteiger charge is 2.37. The van der Waals surface area contributed by atoms with Crippen molar-refractivity contribution in [3.63, 3.8) is 0 Å². The maximum absolute atomic E-state index is 13.0. The van der Waals surface area contributed by atoms with Crippen LogP contribution in [0.1, 0.15) is 41.4 Å². The summed E-state index contributed by atoms with van der Waals surface area (Å²) in [5, 5.41) is 7.65. The first kappa shape index (κ1) is 25.7. The van der Waals surface area contributed by atoms with Crippen LogP contribution in [0.4, 0.5) is 0 Å². The van der Waals surface area contributed by atoms with E-state index in [1.54, 1.807) is 11.0 Å². The fourth-order valence-electron chi connectivity index (χ4n) is 4.68. The van der Waals surface area contributed by atoms with Gasteiger partial charge in [0.25, 0.3) is 5.91 Å². The van der Waals surface area contributed by atoms with Gasteiger partial charge in [0.05, 0.1) is 18.5 Å². The van der Waals surface area contributed by atoms with Gasteiger partial charge in [-0.2, -0.15) is 0 Å². The molecule has 0 radical (unpaired) electrons. The van der Waals surface area contributed by atoms with Crippen LogP contribution in [0.5, 0.6) is 0 Å². The SMILES string of the molecule is CCc1ccc2[nH]c(C(=O)NCC3(NC(=O)Cc4ccccc4Cl)CCN(C(=O)CN)CC3)cc2c1. The molecule has 8 nitrogen and oxygen atoms in total. The van der Waals surface area contributed by atoms with Crippen molar-refractivity contribution in [2.45, 2.75) is 38.1 Å². The summed E-state index contributed by atoms with van der Waals surface area (Å²) in [4.78, 5) is 43.0. The number of nitrogens with two attached hydrogens (primary N) is 1. The van der Waals surface area contributed by atoms with E-state index in [1.807, 2.05) is 36.4 Å². The minimum absolute atomic E-state index is 0.0528. The van der Waals surface area contributed by atoms with Crippen LogP contribution < -0.4 is 16.4 Å². The monoisotopic (exact) mass is 509 g/mol. The van der Waals surface area contributed by atoms with Crippen molar-refractivity contribution in [1.29, 1.82) is 0 Å². The third kappa shape index (κ3) is 5.88. The normalized spacial score (nSPS) is 15.0. The molecule has 1 fully saturated rings. The molecule has 5 N–H and O–H groups in total. The third-order valence-electron chi connectivity index (χ3n) is 6.89. The van der Waals surface area contributed by atoms with Crippen LogP contribution in [0.2, 0.25) is 5.02 Å². The molecule has 4 rings (SSSR count). The number of nitrogens with one attached hydrogen (secondary N) is 3. The van der Waals surface area contributed by atoms with Gasteiger partial charge in [-0.3, -0.25) is 14.4 Å². The Morgan fingerprint density at radius 2 is 1.86 bits per heavy atom. The Bertz CT molecular complexity index is 1260. The highest BCUT2D eigenvalue weighted by atomic mass is 35.5. The van der Waals surface area contributed by atoms with Gasteiger partial charge in [-0.25, -0.2) is 0 Å². The fraction of sp³-hybridized carbons (Fsp3) is 0.370. The van der Waals surface area contributed by atoms with Crippen LogP contribution in [-0.4, -0.2) is 59.3 Å². The molecular weight excluding hydrogens is 478 g/mol. The summed E-state index contributed by atoms with van der Waals surface area (Å²) in [6, 6.07) is 15.2. The lowest BCUT2D eigenvalue weighted by Crippen LogP contribution is -2.61. The summed E-state index contributed by atoms with van der Waals surface area (Å²) in [6.45, 7) is 3.17. The lowest BCUT2D eigenvalue weighted by molar-refractivity contribution is -0.131. The molecule has 190 valence electrons. The predicted molar refractivity (Wildman–Crippen MR) is 141 cm³/mol. The molecule has 0 atom stereocenters. The molecule has 36 heavy (non-hydrogen) atoms. The van der Waals surface area contributed by atoms with Crippen molar-refractivity contribution in [2.75, 3.05) is 26.2 Å². The van der Waals surface area contributed by atoms with E-state index in [2.05, 4.69) is 28.6 Å². The lowest BCUT2D eigenvalue weighted by atomic mass is 9.86. The minimum atomic E-state index is -0.694. The van der Waals surface area contributed by atoms with E-state index < -0.39 is 5.54 Å². The summed E-state index contributed by atoms with van der Waals surface area (Å²) in [6.07, 6.45) is 2.05. The summed E-state index contributed by atoms with van der Waals surface area (Å²) >= 11 is 6.24. The molecule has 0 spiro atoms. The molecule has 1 saturated heterocycles. The molecule has 1 aliphatic rings. The second kappa shape index (κ2) is 11.1. The Kier molecular flexibility index (Phi) is 7.96. The van der Waals surface area contributed by atoms with Gasteiger partial charge in [-0.1, -0.05) is 42.8 Å². The number of nitrogens with zero attached hydrogens (tertiary/aromatic N) is 1. The number of likely N-dealkylation sites (tertiary alicyclic amines) is 1. The average Bonchev–Trinajstić information content (AvgIpc) is 3.32. The second-order valence-electron chi connectivity index (χ2n) is 9.32. The van der Waals surface area contributed by atoms with E-state index in [0.29, 0.717) is 36.6 Å². The zero-order valence-electron chi connectivity index (χ0n) is 20.4. The first-order valence-electron chi connectivity index (χ1n) is 12.2. The Balaban J connectivity index is 1.47. The molecule has 2 aromatic carbocycles. The number of carbonyl (C=O) groups excluding carboxylic acids is 3. The zero-order chi connectivity index (χ0) is 25.7. The number of aromatic amines is 1. The van der Waals surface area contributed by atoms with Crippen LogP contribution in [0, 0.1) is 0 Å². The van der Waals surface area contributed by atoms with Crippen LogP contribution in [-0.2, 0) is 22.4 Å². The Morgan fingerprint density at radius 1 is 1.11 bits per heavy atom. The fourth-order valence-corrected chi connectivity index (χ4v) is 4.89. The molecule has 1 aromatic heterocycles. The highest BCUT2D eigenvalue weighted by Crippen LogP contribution is 2.24. The number of hydrogen-bond acceptors (Lipinski definition) is 4. The largest absolute Gasteiger partial charge is 0.351 e. The molecule has 0 aliphatic carbocycles. The number of piperidine rings is 1. The average molecular weight is 510 g/mol. The summed E-state index contributed by atoms with van der Waals surface area (Å²) in [5.41, 5.74) is 8.13. The van der Waals surface area contributed by atoms with E-state index in [1.165, 1.54) is 5.56 Å². The van der Waals surface area contributed by atoms with E-state index in [0.717, 1.165) is 22.9 Å². The van der Waals surface area contributed by atoms with E-state index in [-0.39, 0.29) is 37.2 Å².